The van der Waals surface area contributed by atoms with E-state index in [0.717, 1.165) is 0 Å². The van der Waals surface area contributed by atoms with E-state index in [9.17, 15) is 8.42 Å². The van der Waals surface area contributed by atoms with Gasteiger partial charge in [-0.25, -0.2) is 8.42 Å². The van der Waals surface area contributed by atoms with Gasteiger partial charge in [0.05, 0.1) is 11.9 Å². The van der Waals surface area contributed by atoms with Gasteiger partial charge in [0.15, 0.2) is 5.82 Å². The van der Waals surface area contributed by atoms with Crippen molar-refractivity contribution in [2.45, 2.75) is 6.42 Å². The fourth-order valence-electron chi connectivity index (χ4n) is 1.44. The third-order valence-electron chi connectivity index (χ3n) is 2.37. The first kappa shape index (κ1) is 13.0. The van der Waals surface area contributed by atoms with E-state index in [4.69, 9.17) is 5.26 Å². The number of sulfonamides is 1. The van der Waals surface area contributed by atoms with E-state index < -0.39 is 10.0 Å². The van der Waals surface area contributed by atoms with Crippen molar-refractivity contribution in [1.29, 1.82) is 5.26 Å². The summed E-state index contributed by atoms with van der Waals surface area (Å²) in [6.45, 7) is 0. The molecule has 2 rings (SSSR count). The molecule has 0 aliphatic carbocycles. The number of hydrogen-bond acceptors (Lipinski definition) is 5. The molecule has 2 heterocycles. The van der Waals surface area contributed by atoms with Crippen molar-refractivity contribution in [3.05, 3.63) is 41.9 Å². The highest BCUT2D eigenvalue weighted by atomic mass is 32.2. The summed E-state index contributed by atoms with van der Waals surface area (Å²) in [5.74, 6) is -0.0306. The minimum absolute atomic E-state index is 0.0866. The minimum Gasteiger partial charge on any atom is -0.267 e. The summed E-state index contributed by atoms with van der Waals surface area (Å²) in [5, 5.41) is 14.8. The van der Waals surface area contributed by atoms with Gasteiger partial charge in [-0.3, -0.25) is 14.8 Å². The molecular formula is C11H11N5O2S. The van der Waals surface area contributed by atoms with Gasteiger partial charge >= 0.3 is 0 Å². The van der Waals surface area contributed by atoms with Crippen molar-refractivity contribution in [2.24, 2.45) is 0 Å². The second kappa shape index (κ2) is 5.49. The third kappa shape index (κ3) is 3.53. The smallest absolute Gasteiger partial charge is 0.234 e. The van der Waals surface area contributed by atoms with Crippen LogP contribution in [0.1, 0.15) is 11.3 Å². The third-order valence-corrected chi connectivity index (χ3v) is 3.63. The molecule has 2 N–H and O–H groups in total. The molecule has 0 radical (unpaired) electrons. The van der Waals surface area contributed by atoms with Crippen LogP contribution in [0.4, 0.5) is 5.82 Å². The van der Waals surface area contributed by atoms with Crippen LogP contribution in [0, 0.1) is 11.3 Å². The van der Waals surface area contributed by atoms with E-state index in [1.54, 1.807) is 24.4 Å². The zero-order chi connectivity index (χ0) is 13.7. The van der Waals surface area contributed by atoms with Gasteiger partial charge in [0, 0.05) is 18.3 Å². The molecule has 0 saturated heterocycles. The number of H-pyrrole nitrogens is 1. The Morgan fingerprint density at radius 3 is 2.95 bits per heavy atom. The molecular weight excluding hydrogens is 266 g/mol. The highest BCUT2D eigenvalue weighted by Gasteiger charge is 2.14. The van der Waals surface area contributed by atoms with Gasteiger partial charge < -0.3 is 0 Å². The lowest BCUT2D eigenvalue weighted by atomic mass is 10.3. The molecule has 0 saturated carbocycles. The van der Waals surface area contributed by atoms with E-state index in [1.807, 2.05) is 6.07 Å². The summed E-state index contributed by atoms with van der Waals surface area (Å²) >= 11 is 0. The summed E-state index contributed by atoms with van der Waals surface area (Å²) in [5.41, 5.74) is 0.847. The molecule has 19 heavy (non-hydrogen) atoms. The average Bonchev–Trinajstić information content (AvgIpc) is 2.84. The Morgan fingerprint density at radius 1 is 1.42 bits per heavy atom. The lowest BCUT2D eigenvalue weighted by Crippen LogP contribution is -2.19. The average molecular weight is 277 g/mol. The van der Waals surface area contributed by atoms with Gasteiger partial charge in [-0.1, -0.05) is 6.07 Å². The molecule has 0 unspecified atom stereocenters. The standard InChI is InChI=1S/C11H11N5O2S/c12-7-9-8-14-15-11(9)16-19(17,18)6-4-10-3-1-2-5-13-10/h1-3,5,8H,4,6H2,(H2,14,15,16). The van der Waals surface area contributed by atoms with Crippen molar-refractivity contribution in [3.8, 4) is 6.07 Å². The highest BCUT2D eigenvalue weighted by Crippen LogP contribution is 2.11. The van der Waals surface area contributed by atoms with Crippen molar-refractivity contribution < 1.29 is 8.42 Å². The Hall–Kier alpha value is -2.40. The molecule has 0 amide bonds. The summed E-state index contributed by atoms with van der Waals surface area (Å²) < 4.78 is 26.0. The fraction of sp³-hybridized carbons (Fsp3) is 0.182. The van der Waals surface area contributed by atoms with Crippen LogP contribution in [0.3, 0.4) is 0 Å². The zero-order valence-electron chi connectivity index (χ0n) is 9.87. The normalized spacial score (nSPS) is 10.9. The molecule has 2 aromatic rings. The van der Waals surface area contributed by atoms with Gasteiger partial charge in [-0.15, -0.1) is 0 Å². The van der Waals surface area contributed by atoms with Crippen LogP contribution < -0.4 is 4.72 Å². The van der Waals surface area contributed by atoms with Crippen molar-refractivity contribution in [3.63, 3.8) is 0 Å². The van der Waals surface area contributed by atoms with Gasteiger partial charge in [0.2, 0.25) is 10.0 Å². The fourth-order valence-corrected chi connectivity index (χ4v) is 2.49. The van der Waals surface area contributed by atoms with E-state index in [-0.39, 0.29) is 17.1 Å². The maximum atomic E-state index is 11.8. The van der Waals surface area contributed by atoms with Gasteiger partial charge in [0.25, 0.3) is 0 Å². The molecule has 0 bridgehead atoms. The Balaban J connectivity index is 2.02. The van der Waals surface area contributed by atoms with Gasteiger partial charge in [-0.2, -0.15) is 10.4 Å². The second-order valence-electron chi connectivity index (χ2n) is 3.76. The number of anilines is 1. The lowest BCUT2D eigenvalue weighted by molar-refractivity contribution is 0.600. The quantitative estimate of drug-likeness (QED) is 0.833. The molecule has 8 heteroatoms. The Morgan fingerprint density at radius 2 is 2.26 bits per heavy atom. The summed E-state index contributed by atoms with van der Waals surface area (Å²) in [7, 11) is -3.55. The SMILES string of the molecule is N#Cc1cn[nH]c1NS(=O)(=O)CCc1ccccn1. The maximum Gasteiger partial charge on any atom is 0.234 e. The van der Waals surface area contributed by atoms with E-state index in [0.29, 0.717) is 12.1 Å². The molecule has 0 aromatic carbocycles. The summed E-state index contributed by atoms with van der Waals surface area (Å²) in [6, 6.07) is 7.16. The van der Waals surface area contributed by atoms with Crippen LogP contribution in [0.2, 0.25) is 0 Å². The molecule has 98 valence electrons. The number of hydrogen-bond donors (Lipinski definition) is 2. The van der Waals surface area contributed by atoms with E-state index >= 15 is 0 Å². The number of nitriles is 1. The first-order chi connectivity index (χ1) is 9.11. The topological polar surface area (TPSA) is 112 Å². The molecule has 0 atom stereocenters. The second-order valence-corrected chi connectivity index (χ2v) is 5.60. The monoisotopic (exact) mass is 277 g/mol. The Kier molecular flexibility index (Phi) is 3.77. The van der Waals surface area contributed by atoms with Crippen LogP contribution in [0.15, 0.2) is 30.6 Å². The number of pyridine rings is 1. The molecule has 0 aliphatic heterocycles. The number of nitrogens with zero attached hydrogens (tertiary/aromatic N) is 3. The molecule has 0 spiro atoms. The predicted octanol–water partition coefficient (Wildman–Crippen LogP) is 0.661. The van der Waals surface area contributed by atoms with Crippen LogP contribution in [0.25, 0.3) is 0 Å². The molecule has 7 nitrogen and oxygen atoms in total. The molecule has 0 aliphatic rings. The number of rotatable bonds is 5. The first-order valence-corrected chi connectivity index (χ1v) is 7.10. The Bertz CT molecular complexity index is 687. The minimum atomic E-state index is -3.55. The first-order valence-electron chi connectivity index (χ1n) is 5.44. The summed E-state index contributed by atoms with van der Waals surface area (Å²) in [6.07, 6.45) is 3.17. The molecule has 2 aromatic heterocycles. The van der Waals surface area contributed by atoms with Crippen molar-refractivity contribution >= 4 is 15.8 Å². The van der Waals surface area contributed by atoms with Crippen molar-refractivity contribution in [1.82, 2.24) is 15.2 Å². The van der Waals surface area contributed by atoms with Crippen LogP contribution in [-0.4, -0.2) is 29.4 Å². The summed E-state index contributed by atoms with van der Waals surface area (Å²) in [4.78, 5) is 4.05. The van der Waals surface area contributed by atoms with Crippen LogP contribution in [-0.2, 0) is 16.4 Å². The predicted molar refractivity (Wildman–Crippen MR) is 68.7 cm³/mol. The Labute approximate surface area is 110 Å². The number of aryl methyl sites for hydroxylation is 1. The van der Waals surface area contributed by atoms with E-state index in [2.05, 4.69) is 19.9 Å². The van der Waals surface area contributed by atoms with E-state index in [1.165, 1.54) is 6.20 Å². The van der Waals surface area contributed by atoms with Crippen LogP contribution in [0.5, 0.6) is 0 Å². The zero-order valence-corrected chi connectivity index (χ0v) is 10.7. The largest absolute Gasteiger partial charge is 0.267 e. The van der Waals surface area contributed by atoms with Crippen molar-refractivity contribution in [2.75, 3.05) is 10.5 Å². The maximum absolute atomic E-state index is 11.8. The number of nitrogens with one attached hydrogen (secondary N) is 2. The lowest BCUT2D eigenvalue weighted by Gasteiger charge is -2.05. The van der Waals surface area contributed by atoms with Crippen LogP contribution >= 0.6 is 0 Å². The highest BCUT2D eigenvalue weighted by molar-refractivity contribution is 7.92. The number of aromatic nitrogens is 3. The number of aromatic amines is 1. The van der Waals surface area contributed by atoms with Gasteiger partial charge in [0.1, 0.15) is 11.6 Å². The van der Waals surface area contributed by atoms with Gasteiger partial charge in [-0.05, 0) is 12.1 Å². The molecule has 0 fully saturated rings.